The average molecular weight is 424 g/mol. The van der Waals surface area contributed by atoms with E-state index in [4.69, 9.17) is 9.47 Å². The van der Waals surface area contributed by atoms with Crippen LogP contribution in [0.15, 0.2) is 30.6 Å². The van der Waals surface area contributed by atoms with Gasteiger partial charge >= 0.3 is 0 Å². The van der Waals surface area contributed by atoms with Crippen LogP contribution in [0.3, 0.4) is 0 Å². The van der Waals surface area contributed by atoms with E-state index in [0.717, 1.165) is 30.9 Å². The third kappa shape index (κ3) is 7.00. The molecule has 7 heteroatoms. The van der Waals surface area contributed by atoms with Crippen LogP contribution in [-0.4, -0.2) is 64.8 Å². The van der Waals surface area contributed by atoms with Crippen molar-refractivity contribution >= 4 is 12.4 Å². The van der Waals surface area contributed by atoms with Crippen molar-refractivity contribution in [2.24, 2.45) is 0 Å². The third-order valence-corrected chi connectivity index (χ3v) is 5.15. The Kier molecular flexibility index (Phi) is 8.96. The first-order chi connectivity index (χ1) is 13.4. The van der Waals surface area contributed by atoms with Crippen molar-refractivity contribution in [1.82, 2.24) is 14.7 Å². The lowest BCUT2D eigenvalue weighted by Crippen LogP contribution is -2.47. The molecule has 162 valence electrons. The number of aliphatic hydroxyl groups excluding tert-OH is 1. The molecule has 2 heterocycles. The summed E-state index contributed by atoms with van der Waals surface area (Å²) in [4.78, 5) is 2.24. The number of hydrogen-bond acceptors (Lipinski definition) is 5. The van der Waals surface area contributed by atoms with E-state index in [9.17, 15) is 5.11 Å². The monoisotopic (exact) mass is 423 g/mol. The number of halogens is 1. The van der Waals surface area contributed by atoms with Gasteiger partial charge < -0.3 is 14.6 Å². The van der Waals surface area contributed by atoms with Gasteiger partial charge in [0.1, 0.15) is 18.5 Å². The van der Waals surface area contributed by atoms with Crippen LogP contribution in [0.4, 0.5) is 0 Å². The van der Waals surface area contributed by atoms with E-state index in [1.165, 1.54) is 11.1 Å². The van der Waals surface area contributed by atoms with Gasteiger partial charge in [0.05, 0.1) is 25.5 Å². The highest BCUT2D eigenvalue weighted by atomic mass is 35.5. The van der Waals surface area contributed by atoms with Gasteiger partial charge in [-0.3, -0.25) is 9.58 Å². The second-order valence-corrected chi connectivity index (χ2v) is 8.13. The number of rotatable bonds is 8. The maximum Gasteiger partial charge on any atom is 0.119 e. The van der Waals surface area contributed by atoms with Gasteiger partial charge in [-0.1, -0.05) is 19.9 Å². The summed E-state index contributed by atoms with van der Waals surface area (Å²) in [5, 5.41) is 14.8. The minimum Gasteiger partial charge on any atom is -0.491 e. The Hall–Kier alpha value is -1.60. The Labute approximate surface area is 180 Å². The van der Waals surface area contributed by atoms with Crippen molar-refractivity contribution in [3.05, 3.63) is 47.3 Å². The number of morpholine rings is 1. The molecule has 2 atom stereocenters. The molecule has 1 aliphatic rings. The first-order valence-electron chi connectivity index (χ1n) is 10.1. The molecule has 0 spiro atoms. The largest absolute Gasteiger partial charge is 0.491 e. The predicted octanol–water partition coefficient (Wildman–Crippen LogP) is 3.19. The van der Waals surface area contributed by atoms with E-state index in [1.54, 1.807) is 0 Å². The van der Waals surface area contributed by atoms with Crippen molar-refractivity contribution in [2.75, 3.05) is 32.8 Å². The summed E-state index contributed by atoms with van der Waals surface area (Å²) < 4.78 is 13.6. The molecule has 1 aromatic carbocycles. The number of ether oxygens (including phenoxy) is 2. The van der Waals surface area contributed by atoms with Crippen molar-refractivity contribution in [2.45, 2.75) is 52.4 Å². The van der Waals surface area contributed by atoms with E-state index in [2.05, 4.69) is 42.9 Å². The van der Waals surface area contributed by atoms with Gasteiger partial charge in [-0.15, -0.1) is 12.4 Å². The van der Waals surface area contributed by atoms with Crippen molar-refractivity contribution in [3.8, 4) is 5.75 Å². The molecular formula is C22H34ClN3O3. The number of aromatic nitrogens is 2. The number of hydrogen-bond donors (Lipinski definition) is 1. The smallest absolute Gasteiger partial charge is 0.119 e. The van der Waals surface area contributed by atoms with Crippen LogP contribution >= 0.6 is 12.4 Å². The Morgan fingerprint density at radius 2 is 2.10 bits per heavy atom. The molecule has 2 unspecified atom stereocenters. The highest BCUT2D eigenvalue weighted by Gasteiger charge is 2.23. The van der Waals surface area contributed by atoms with E-state index < -0.39 is 6.10 Å². The van der Waals surface area contributed by atoms with E-state index in [-0.39, 0.29) is 18.5 Å². The van der Waals surface area contributed by atoms with Gasteiger partial charge in [0, 0.05) is 25.8 Å². The number of aliphatic hydroxyl groups is 1. The Morgan fingerprint density at radius 1 is 1.31 bits per heavy atom. The highest BCUT2D eigenvalue weighted by molar-refractivity contribution is 5.85. The van der Waals surface area contributed by atoms with E-state index in [0.29, 0.717) is 25.7 Å². The number of benzene rings is 1. The van der Waals surface area contributed by atoms with Gasteiger partial charge in [-0.2, -0.15) is 5.10 Å². The summed E-state index contributed by atoms with van der Waals surface area (Å²) >= 11 is 0. The second kappa shape index (κ2) is 11.0. The summed E-state index contributed by atoms with van der Waals surface area (Å²) in [6.45, 7) is 12.4. The summed E-state index contributed by atoms with van der Waals surface area (Å²) in [5.41, 5.74) is 3.71. The van der Waals surface area contributed by atoms with E-state index >= 15 is 0 Å². The van der Waals surface area contributed by atoms with Crippen LogP contribution < -0.4 is 4.74 Å². The summed E-state index contributed by atoms with van der Waals surface area (Å²) in [6.07, 6.45) is 3.44. The molecule has 1 aromatic heterocycles. The normalized spacial score (nSPS) is 18.5. The molecule has 3 rings (SSSR count). The third-order valence-electron chi connectivity index (χ3n) is 5.15. The standard InChI is InChI=1S/C22H33N3O3.ClH/c1-16(2)22-6-5-20(9-18(22)4)28-15-19(26)12-24-7-8-27-21(13-24)14-25-11-17(3)10-23-25;/h5-6,9-11,16,19,21,26H,7-8,12-15H2,1-4H3;1H. The summed E-state index contributed by atoms with van der Waals surface area (Å²) in [7, 11) is 0. The van der Waals surface area contributed by atoms with E-state index in [1.807, 2.05) is 30.1 Å². The molecule has 0 amide bonds. The first kappa shape index (κ1) is 23.7. The van der Waals surface area contributed by atoms with Crippen LogP contribution in [0.25, 0.3) is 0 Å². The zero-order valence-electron chi connectivity index (χ0n) is 17.9. The van der Waals surface area contributed by atoms with Gasteiger partial charge in [0.25, 0.3) is 0 Å². The topological polar surface area (TPSA) is 59.8 Å². The van der Waals surface area contributed by atoms with Gasteiger partial charge in [-0.05, 0) is 48.6 Å². The van der Waals surface area contributed by atoms with Crippen LogP contribution in [0.5, 0.6) is 5.75 Å². The first-order valence-corrected chi connectivity index (χ1v) is 10.1. The van der Waals surface area contributed by atoms with Crippen LogP contribution in [-0.2, 0) is 11.3 Å². The van der Waals surface area contributed by atoms with Crippen LogP contribution in [0, 0.1) is 13.8 Å². The second-order valence-electron chi connectivity index (χ2n) is 8.13. The predicted molar refractivity (Wildman–Crippen MR) is 117 cm³/mol. The minimum atomic E-state index is -0.532. The molecule has 1 aliphatic heterocycles. The molecule has 6 nitrogen and oxygen atoms in total. The quantitative estimate of drug-likeness (QED) is 0.706. The lowest BCUT2D eigenvalue weighted by molar-refractivity contribution is -0.0517. The van der Waals surface area contributed by atoms with Gasteiger partial charge in [0.15, 0.2) is 0 Å². The Balaban J connectivity index is 0.00000300. The molecule has 0 radical (unpaired) electrons. The van der Waals surface area contributed by atoms with Crippen molar-refractivity contribution in [3.63, 3.8) is 0 Å². The fourth-order valence-electron chi connectivity index (χ4n) is 3.76. The number of β-amino-alcohol motifs (C(OH)–C–C–N with tert-alkyl or cyclic N) is 1. The number of aryl methyl sites for hydroxylation is 2. The number of nitrogens with zero attached hydrogens (tertiary/aromatic N) is 3. The minimum absolute atomic E-state index is 0. The lowest BCUT2D eigenvalue weighted by atomic mass is 9.98. The molecule has 29 heavy (non-hydrogen) atoms. The lowest BCUT2D eigenvalue weighted by Gasteiger charge is -2.34. The van der Waals surface area contributed by atoms with Crippen molar-refractivity contribution < 1.29 is 14.6 Å². The Bertz CT molecular complexity index is 766. The molecule has 0 saturated carbocycles. The average Bonchev–Trinajstić information content (AvgIpc) is 3.05. The van der Waals surface area contributed by atoms with Crippen molar-refractivity contribution in [1.29, 1.82) is 0 Å². The summed E-state index contributed by atoms with van der Waals surface area (Å²) in [5.74, 6) is 1.31. The zero-order chi connectivity index (χ0) is 20.1. The molecule has 1 saturated heterocycles. The SMILES string of the molecule is Cc1cnn(CC2CN(CC(O)COc3ccc(C(C)C)c(C)c3)CCO2)c1.Cl. The summed E-state index contributed by atoms with van der Waals surface area (Å²) in [6, 6.07) is 6.16. The van der Waals surface area contributed by atoms with Gasteiger partial charge in [0.2, 0.25) is 0 Å². The van der Waals surface area contributed by atoms with Crippen LogP contribution in [0.2, 0.25) is 0 Å². The molecule has 0 bridgehead atoms. The molecule has 2 aromatic rings. The maximum atomic E-state index is 10.4. The molecule has 0 aliphatic carbocycles. The van der Waals surface area contributed by atoms with Crippen LogP contribution in [0.1, 0.15) is 36.5 Å². The maximum absolute atomic E-state index is 10.4. The Morgan fingerprint density at radius 3 is 2.76 bits per heavy atom. The van der Waals surface area contributed by atoms with Gasteiger partial charge in [-0.25, -0.2) is 0 Å². The highest BCUT2D eigenvalue weighted by Crippen LogP contribution is 2.23. The molecular weight excluding hydrogens is 390 g/mol. The zero-order valence-corrected chi connectivity index (χ0v) is 18.7. The fraction of sp³-hybridized carbons (Fsp3) is 0.591. The fourth-order valence-corrected chi connectivity index (χ4v) is 3.76. The molecule has 1 N–H and O–H groups in total. The molecule has 1 fully saturated rings.